The molecule has 2 heterocycles. The Labute approximate surface area is 148 Å². The number of furan rings is 1. The predicted molar refractivity (Wildman–Crippen MR) is 88.6 cm³/mol. The number of nitrogens with zero attached hydrogens (tertiary/aromatic N) is 3. The Morgan fingerprint density at radius 1 is 1.19 bits per heavy atom. The maximum atomic E-state index is 12.7. The third kappa shape index (κ3) is 3.63. The Morgan fingerprint density at radius 2 is 1.92 bits per heavy atom. The first kappa shape index (κ1) is 17.8. The van der Waals surface area contributed by atoms with Crippen molar-refractivity contribution < 1.29 is 22.4 Å². The summed E-state index contributed by atoms with van der Waals surface area (Å²) >= 11 is 0. The number of carbonyl (C=O) groups excluding carboxylic acids is 1. The van der Waals surface area contributed by atoms with E-state index in [0.717, 1.165) is 11.3 Å². The molecule has 6 nitrogen and oxygen atoms in total. The molecule has 0 bridgehead atoms. The summed E-state index contributed by atoms with van der Waals surface area (Å²) in [6.07, 6.45) is -1.23. The van der Waals surface area contributed by atoms with Crippen molar-refractivity contribution in [2.75, 3.05) is 6.54 Å². The molecule has 0 aliphatic rings. The average Bonchev–Trinajstić information content (AvgIpc) is 3.29. The van der Waals surface area contributed by atoms with Crippen molar-refractivity contribution in [1.29, 1.82) is 0 Å². The molecule has 0 aliphatic heterocycles. The van der Waals surface area contributed by atoms with Gasteiger partial charge in [-0.25, -0.2) is 0 Å². The predicted octanol–water partition coefficient (Wildman–Crippen LogP) is 4.24. The summed E-state index contributed by atoms with van der Waals surface area (Å²) in [4.78, 5) is 14.3. The zero-order valence-electron chi connectivity index (χ0n) is 14.3. The van der Waals surface area contributed by atoms with Crippen molar-refractivity contribution in [1.82, 2.24) is 15.1 Å². The lowest BCUT2D eigenvalue weighted by molar-refractivity contribution is 0.0741. The van der Waals surface area contributed by atoms with Crippen molar-refractivity contribution in [3.8, 4) is 11.5 Å². The fraction of sp³-hybridized carbons (Fsp3) is 0.278. The van der Waals surface area contributed by atoms with Gasteiger partial charge in [0.15, 0.2) is 0 Å². The van der Waals surface area contributed by atoms with Crippen LogP contribution in [0.3, 0.4) is 0 Å². The van der Waals surface area contributed by atoms with Gasteiger partial charge in [0.2, 0.25) is 5.89 Å². The van der Waals surface area contributed by atoms with E-state index in [-0.39, 0.29) is 11.8 Å². The molecule has 26 heavy (non-hydrogen) atoms. The minimum Gasteiger partial charge on any atom is -0.467 e. The van der Waals surface area contributed by atoms with Crippen LogP contribution in [-0.2, 0) is 6.54 Å². The van der Waals surface area contributed by atoms with Crippen LogP contribution in [-0.4, -0.2) is 27.5 Å². The molecule has 0 aliphatic carbocycles. The van der Waals surface area contributed by atoms with Crippen LogP contribution >= 0.6 is 0 Å². The van der Waals surface area contributed by atoms with Gasteiger partial charge in [-0.2, -0.15) is 8.78 Å². The molecule has 0 saturated heterocycles. The van der Waals surface area contributed by atoms with Crippen molar-refractivity contribution in [3.63, 3.8) is 0 Å². The number of rotatable bonds is 6. The van der Waals surface area contributed by atoms with Gasteiger partial charge in [0.05, 0.1) is 12.8 Å². The number of amides is 1. The Balaban J connectivity index is 1.75. The number of hydrogen-bond donors (Lipinski definition) is 0. The SMILES string of the molecule is CCN(Cc1occc1C)C(=O)c1ccc(-c2nnc(C(F)F)o2)cc1. The van der Waals surface area contributed by atoms with E-state index in [0.29, 0.717) is 24.2 Å². The highest BCUT2D eigenvalue weighted by molar-refractivity contribution is 5.94. The lowest BCUT2D eigenvalue weighted by Gasteiger charge is -2.20. The van der Waals surface area contributed by atoms with Gasteiger partial charge in [0.25, 0.3) is 11.8 Å². The molecule has 0 fully saturated rings. The molecule has 0 N–H and O–H groups in total. The summed E-state index contributed by atoms with van der Waals surface area (Å²) in [5.74, 6) is -0.167. The number of hydrogen-bond acceptors (Lipinski definition) is 5. The maximum absolute atomic E-state index is 12.7. The van der Waals surface area contributed by atoms with Gasteiger partial charge in [-0.1, -0.05) is 0 Å². The Hall–Kier alpha value is -3.03. The average molecular weight is 361 g/mol. The summed E-state index contributed by atoms with van der Waals surface area (Å²) < 4.78 is 35.3. The first-order valence-corrected chi connectivity index (χ1v) is 8.03. The minimum absolute atomic E-state index is 0.0159. The largest absolute Gasteiger partial charge is 0.467 e. The Morgan fingerprint density at radius 3 is 2.46 bits per heavy atom. The van der Waals surface area contributed by atoms with Crippen LogP contribution in [0.25, 0.3) is 11.5 Å². The van der Waals surface area contributed by atoms with E-state index in [4.69, 9.17) is 8.83 Å². The fourth-order valence-electron chi connectivity index (χ4n) is 2.44. The van der Waals surface area contributed by atoms with Crippen LogP contribution in [0, 0.1) is 6.92 Å². The quantitative estimate of drug-likeness (QED) is 0.657. The van der Waals surface area contributed by atoms with Crippen LogP contribution < -0.4 is 0 Å². The summed E-state index contributed by atoms with van der Waals surface area (Å²) in [6.45, 7) is 4.69. The van der Waals surface area contributed by atoms with Gasteiger partial charge in [-0.05, 0) is 49.7 Å². The van der Waals surface area contributed by atoms with Crippen molar-refractivity contribution in [3.05, 3.63) is 59.4 Å². The zero-order chi connectivity index (χ0) is 18.7. The summed E-state index contributed by atoms with van der Waals surface area (Å²) in [7, 11) is 0. The van der Waals surface area contributed by atoms with Crippen molar-refractivity contribution in [2.24, 2.45) is 0 Å². The highest BCUT2D eigenvalue weighted by Gasteiger charge is 2.19. The summed E-state index contributed by atoms with van der Waals surface area (Å²) in [5, 5.41) is 6.88. The van der Waals surface area contributed by atoms with E-state index in [1.165, 1.54) is 0 Å². The number of carbonyl (C=O) groups is 1. The van der Waals surface area contributed by atoms with E-state index in [9.17, 15) is 13.6 Å². The highest BCUT2D eigenvalue weighted by Crippen LogP contribution is 2.24. The van der Waals surface area contributed by atoms with Crippen LogP contribution in [0.5, 0.6) is 0 Å². The molecular formula is C18H17F2N3O3. The molecule has 0 spiro atoms. The molecule has 0 unspecified atom stereocenters. The van der Waals surface area contributed by atoms with Gasteiger partial charge in [-0.15, -0.1) is 10.2 Å². The monoisotopic (exact) mass is 361 g/mol. The van der Waals surface area contributed by atoms with Crippen molar-refractivity contribution >= 4 is 5.91 Å². The molecule has 1 amide bonds. The normalized spacial score (nSPS) is 11.1. The third-order valence-corrected chi connectivity index (χ3v) is 3.98. The Bertz CT molecular complexity index is 887. The minimum atomic E-state index is -2.82. The van der Waals surface area contributed by atoms with Crippen LogP contribution in [0.15, 0.2) is 45.4 Å². The second-order valence-corrected chi connectivity index (χ2v) is 5.67. The number of aryl methyl sites for hydroxylation is 1. The summed E-state index contributed by atoms with van der Waals surface area (Å²) in [5.41, 5.74) is 1.91. The topological polar surface area (TPSA) is 72.4 Å². The first-order chi connectivity index (χ1) is 12.5. The molecule has 0 atom stereocenters. The van der Waals surface area contributed by atoms with E-state index < -0.39 is 12.3 Å². The molecule has 3 rings (SSSR count). The molecule has 1 aromatic carbocycles. The molecule has 136 valence electrons. The van der Waals surface area contributed by atoms with Crippen molar-refractivity contribution in [2.45, 2.75) is 26.8 Å². The van der Waals surface area contributed by atoms with Gasteiger partial charge in [-0.3, -0.25) is 4.79 Å². The fourth-order valence-corrected chi connectivity index (χ4v) is 2.44. The third-order valence-electron chi connectivity index (χ3n) is 3.98. The van der Waals surface area contributed by atoms with Gasteiger partial charge >= 0.3 is 6.43 Å². The number of benzene rings is 1. The van der Waals surface area contributed by atoms with E-state index >= 15 is 0 Å². The van der Waals surface area contributed by atoms with E-state index in [1.54, 1.807) is 35.4 Å². The van der Waals surface area contributed by atoms with Crippen LogP contribution in [0.4, 0.5) is 8.78 Å². The molecule has 0 saturated carbocycles. The van der Waals surface area contributed by atoms with Gasteiger partial charge in [0.1, 0.15) is 5.76 Å². The lowest BCUT2D eigenvalue weighted by atomic mass is 10.1. The molecular weight excluding hydrogens is 344 g/mol. The standard InChI is InChI=1S/C18H17F2N3O3/c1-3-23(10-14-11(2)8-9-25-14)18(24)13-6-4-12(5-7-13)16-21-22-17(26-16)15(19)20/h4-9,15H,3,10H2,1-2H3. The summed E-state index contributed by atoms with van der Waals surface area (Å²) in [6, 6.07) is 8.22. The second-order valence-electron chi connectivity index (χ2n) is 5.67. The number of aromatic nitrogens is 2. The zero-order valence-corrected chi connectivity index (χ0v) is 14.3. The van der Waals surface area contributed by atoms with E-state index in [2.05, 4.69) is 10.2 Å². The first-order valence-electron chi connectivity index (χ1n) is 8.03. The lowest BCUT2D eigenvalue weighted by Crippen LogP contribution is -2.30. The molecule has 8 heteroatoms. The second kappa shape index (κ2) is 7.47. The number of halogens is 2. The molecule has 3 aromatic rings. The molecule has 0 radical (unpaired) electrons. The van der Waals surface area contributed by atoms with Gasteiger partial charge < -0.3 is 13.7 Å². The highest BCUT2D eigenvalue weighted by atomic mass is 19.3. The smallest absolute Gasteiger partial charge is 0.314 e. The Kier molecular flexibility index (Phi) is 5.11. The van der Waals surface area contributed by atoms with Crippen LogP contribution in [0.1, 0.15) is 40.9 Å². The molecule has 2 aromatic heterocycles. The van der Waals surface area contributed by atoms with Crippen LogP contribution in [0.2, 0.25) is 0 Å². The van der Waals surface area contributed by atoms with Gasteiger partial charge in [0, 0.05) is 17.7 Å². The number of alkyl halides is 2. The van der Waals surface area contributed by atoms with E-state index in [1.807, 2.05) is 19.9 Å². The maximum Gasteiger partial charge on any atom is 0.314 e.